The van der Waals surface area contributed by atoms with Crippen molar-refractivity contribution in [3.63, 3.8) is 0 Å². The van der Waals surface area contributed by atoms with Crippen molar-refractivity contribution in [1.29, 1.82) is 0 Å². The minimum Gasteiger partial charge on any atom is -0.354 e. The second-order valence-corrected chi connectivity index (χ2v) is 10.6. The number of anilines is 1. The Kier molecular flexibility index (Phi) is 9.73. The molecule has 2 aromatic carbocycles. The average Bonchev–Trinajstić information content (AvgIpc) is 2.76. The molecule has 0 aliphatic rings. The molecule has 1 N–H and O–H groups in total. The van der Waals surface area contributed by atoms with Gasteiger partial charge in [-0.05, 0) is 36.1 Å². The number of hydrogen-bond donors (Lipinski definition) is 1. The van der Waals surface area contributed by atoms with Crippen molar-refractivity contribution in [3.8, 4) is 0 Å². The predicted molar refractivity (Wildman–Crippen MR) is 133 cm³/mol. The number of benzene rings is 2. The van der Waals surface area contributed by atoms with Crippen LogP contribution in [0, 0.1) is 5.92 Å². The first kappa shape index (κ1) is 26.7. The molecule has 2 amide bonds. The fraction of sp³-hybridized carbons (Fsp3) is 0.417. The van der Waals surface area contributed by atoms with Gasteiger partial charge in [0.25, 0.3) is 0 Å². The van der Waals surface area contributed by atoms with E-state index in [1.165, 1.54) is 4.90 Å². The van der Waals surface area contributed by atoms with Gasteiger partial charge < -0.3 is 10.2 Å². The molecule has 0 aliphatic carbocycles. The summed E-state index contributed by atoms with van der Waals surface area (Å²) in [6.07, 6.45) is 1.42. The molecule has 0 aliphatic heterocycles. The van der Waals surface area contributed by atoms with Gasteiger partial charge in [-0.25, -0.2) is 8.42 Å². The normalized spacial score (nSPS) is 12.3. The van der Waals surface area contributed by atoms with Crippen molar-refractivity contribution in [2.45, 2.75) is 39.8 Å². The third kappa shape index (κ3) is 7.75. The number of rotatable bonds is 11. The number of para-hydroxylation sites is 1. The maximum atomic E-state index is 13.5. The van der Waals surface area contributed by atoms with Gasteiger partial charge in [0.15, 0.2) is 0 Å². The average molecular weight is 494 g/mol. The van der Waals surface area contributed by atoms with Crippen LogP contribution in [0.5, 0.6) is 0 Å². The van der Waals surface area contributed by atoms with E-state index < -0.39 is 28.5 Å². The summed E-state index contributed by atoms with van der Waals surface area (Å²) in [6, 6.07) is 14.7. The third-order valence-corrected chi connectivity index (χ3v) is 6.60. The highest BCUT2D eigenvalue weighted by molar-refractivity contribution is 7.92. The fourth-order valence-electron chi connectivity index (χ4n) is 3.36. The molecular formula is C24H32ClN3O4S. The predicted octanol–water partition coefficient (Wildman–Crippen LogP) is 3.69. The smallest absolute Gasteiger partial charge is 0.244 e. The molecule has 0 fully saturated rings. The lowest BCUT2D eigenvalue weighted by molar-refractivity contribution is -0.140. The summed E-state index contributed by atoms with van der Waals surface area (Å²) in [5.41, 5.74) is 1.05. The zero-order valence-electron chi connectivity index (χ0n) is 19.5. The molecule has 0 bridgehead atoms. The van der Waals surface area contributed by atoms with Gasteiger partial charge in [-0.3, -0.25) is 13.9 Å². The number of nitrogens with zero attached hydrogens (tertiary/aromatic N) is 2. The summed E-state index contributed by atoms with van der Waals surface area (Å²) < 4.78 is 26.1. The van der Waals surface area contributed by atoms with Crippen LogP contribution in [0.3, 0.4) is 0 Å². The highest BCUT2D eigenvalue weighted by Crippen LogP contribution is 2.22. The maximum Gasteiger partial charge on any atom is 0.244 e. The molecule has 0 aromatic heterocycles. The molecule has 1 atom stereocenters. The number of amides is 2. The Morgan fingerprint density at radius 1 is 1.03 bits per heavy atom. The Balaban J connectivity index is 2.41. The van der Waals surface area contributed by atoms with Crippen LogP contribution in [0.1, 0.15) is 32.8 Å². The van der Waals surface area contributed by atoms with Gasteiger partial charge in [-0.2, -0.15) is 0 Å². The molecule has 180 valence electrons. The minimum absolute atomic E-state index is 0.0818. The van der Waals surface area contributed by atoms with Crippen LogP contribution < -0.4 is 9.62 Å². The quantitative estimate of drug-likeness (QED) is 0.517. The highest BCUT2D eigenvalue weighted by Gasteiger charge is 2.32. The fourth-order valence-corrected chi connectivity index (χ4v) is 4.41. The molecule has 0 heterocycles. The van der Waals surface area contributed by atoms with Gasteiger partial charge in [0.05, 0.1) is 11.9 Å². The molecule has 9 heteroatoms. The van der Waals surface area contributed by atoms with E-state index in [4.69, 9.17) is 11.6 Å². The highest BCUT2D eigenvalue weighted by atomic mass is 35.5. The third-order valence-electron chi connectivity index (χ3n) is 5.09. The van der Waals surface area contributed by atoms with Crippen molar-refractivity contribution in [1.82, 2.24) is 10.2 Å². The van der Waals surface area contributed by atoms with Gasteiger partial charge in [-0.1, -0.05) is 68.8 Å². The lowest BCUT2D eigenvalue weighted by atomic mass is 10.1. The van der Waals surface area contributed by atoms with E-state index in [0.29, 0.717) is 29.2 Å². The Labute approximate surface area is 201 Å². The molecule has 0 spiro atoms. The first-order chi connectivity index (χ1) is 15.5. The number of carbonyl (C=O) groups excluding carboxylic acids is 2. The van der Waals surface area contributed by atoms with Crippen LogP contribution >= 0.6 is 11.6 Å². The first-order valence-corrected chi connectivity index (χ1v) is 13.1. The topological polar surface area (TPSA) is 86.8 Å². The molecular weight excluding hydrogens is 462 g/mol. The van der Waals surface area contributed by atoms with Crippen LogP contribution in [0.25, 0.3) is 0 Å². The standard InChI is InChI=1S/C24H32ClN3O4S/c1-5-22(24(30)26-15-18(2)3)27(16-19-11-9-10-14-21(19)25)23(29)17-28(33(4,31)32)20-12-7-6-8-13-20/h6-14,18,22H,5,15-17H2,1-4H3,(H,26,30). The maximum absolute atomic E-state index is 13.5. The second kappa shape index (κ2) is 12.0. The summed E-state index contributed by atoms with van der Waals surface area (Å²) in [5, 5.41) is 3.35. The Morgan fingerprint density at radius 3 is 2.18 bits per heavy atom. The summed E-state index contributed by atoms with van der Waals surface area (Å²) in [4.78, 5) is 27.9. The van der Waals surface area contributed by atoms with E-state index in [0.717, 1.165) is 10.6 Å². The minimum atomic E-state index is -3.74. The van der Waals surface area contributed by atoms with Gasteiger partial charge in [0, 0.05) is 18.1 Å². The second-order valence-electron chi connectivity index (χ2n) is 8.28. The summed E-state index contributed by atoms with van der Waals surface area (Å²) in [6.45, 7) is 5.91. The van der Waals surface area contributed by atoms with Crippen LogP contribution in [0.4, 0.5) is 5.69 Å². The zero-order chi connectivity index (χ0) is 24.6. The van der Waals surface area contributed by atoms with E-state index in [-0.39, 0.29) is 18.4 Å². The number of nitrogens with one attached hydrogen (secondary N) is 1. The Hall–Kier alpha value is -2.58. The van der Waals surface area contributed by atoms with E-state index in [1.54, 1.807) is 54.6 Å². The van der Waals surface area contributed by atoms with Crippen molar-refractivity contribution >= 4 is 39.1 Å². The molecule has 1 unspecified atom stereocenters. The number of hydrogen-bond acceptors (Lipinski definition) is 4. The summed E-state index contributed by atoms with van der Waals surface area (Å²) in [7, 11) is -3.74. The van der Waals surface area contributed by atoms with E-state index >= 15 is 0 Å². The Bertz CT molecular complexity index is 1040. The van der Waals surface area contributed by atoms with Crippen LogP contribution in [-0.2, 0) is 26.2 Å². The number of sulfonamides is 1. The number of carbonyl (C=O) groups is 2. The van der Waals surface area contributed by atoms with Crippen molar-refractivity contribution in [2.75, 3.05) is 23.7 Å². The molecule has 7 nitrogen and oxygen atoms in total. The van der Waals surface area contributed by atoms with Crippen molar-refractivity contribution < 1.29 is 18.0 Å². The van der Waals surface area contributed by atoms with Crippen molar-refractivity contribution in [2.24, 2.45) is 5.92 Å². The van der Waals surface area contributed by atoms with Crippen LogP contribution in [0.2, 0.25) is 5.02 Å². The van der Waals surface area contributed by atoms with Crippen LogP contribution in [0.15, 0.2) is 54.6 Å². The monoisotopic (exact) mass is 493 g/mol. The van der Waals surface area contributed by atoms with E-state index in [2.05, 4.69) is 5.32 Å². The lowest BCUT2D eigenvalue weighted by Crippen LogP contribution is -2.52. The molecule has 0 saturated heterocycles. The molecule has 0 radical (unpaired) electrons. The van der Waals surface area contributed by atoms with Gasteiger partial charge in [0.1, 0.15) is 12.6 Å². The molecule has 2 aromatic rings. The molecule has 33 heavy (non-hydrogen) atoms. The summed E-state index contributed by atoms with van der Waals surface area (Å²) >= 11 is 6.33. The molecule has 2 rings (SSSR count). The SMILES string of the molecule is CCC(C(=O)NCC(C)C)N(Cc1ccccc1Cl)C(=O)CN(c1ccccc1)S(C)(=O)=O. The van der Waals surface area contributed by atoms with Gasteiger partial charge in [-0.15, -0.1) is 0 Å². The molecule has 0 saturated carbocycles. The summed E-state index contributed by atoms with van der Waals surface area (Å²) in [5.74, 6) is -0.522. The van der Waals surface area contributed by atoms with E-state index in [9.17, 15) is 18.0 Å². The lowest BCUT2D eigenvalue weighted by Gasteiger charge is -2.33. The van der Waals surface area contributed by atoms with Gasteiger partial charge >= 0.3 is 0 Å². The Morgan fingerprint density at radius 2 is 1.64 bits per heavy atom. The first-order valence-electron chi connectivity index (χ1n) is 10.9. The number of halogens is 1. The zero-order valence-corrected chi connectivity index (χ0v) is 21.1. The van der Waals surface area contributed by atoms with E-state index in [1.807, 2.05) is 20.8 Å². The largest absolute Gasteiger partial charge is 0.354 e. The van der Waals surface area contributed by atoms with Crippen LogP contribution in [-0.4, -0.2) is 50.5 Å². The van der Waals surface area contributed by atoms with Crippen molar-refractivity contribution in [3.05, 3.63) is 65.2 Å². The van der Waals surface area contributed by atoms with Gasteiger partial charge in [0.2, 0.25) is 21.8 Å².